The Morgan fingerprint density at radius 2 is 1.35 bits per heavy atom. The van der Waals surface area contributed by atoms with Crippen molar-refractivity contribution in [2.24, 2.45) is 0 Å². The van der Waals surface area contributed by atoms with Crippen LogP contribution in [0.1, 0.15) is 18.5 Å². The highest BCUT2D eigenvalue weighted by atomic mass is 16.5. The Hall–Kier alpha value is -2.74. The summed E-state index contributed by atoms with van der Waals surface area (Å²) in [6, 6.07) is 27.4. The van der Waals surface area contributed by atoms with Crippen LogP contribution in [-0.2, 0) is 0 Å². The van der Waals surface area contributed by atoms with Gasteiger partial charge in [-0.05, 0) is 47.9 Å². The topological polar surface area (TPSA) is 21.3 Å². The van der Waals surface area contributed by atoms with Crippen LogP contribution >= 0.6 is 0 Å². The van der Waals surface area contributed by atoms with Gasteiger partial charge in [0, 0.05) is 11.7 Å². The molecule has 0 heterocycles. The third kappa shape index (κ3) is 3.72. The van der Waals surface area contributed by atoms with Crippen LogP contribution in [0.4, 0.5) is 5.69 Å². The maximum Gasteiger partial charge on any atom is 0.119 e. The number of hydrogen-bond acceptors (Lipinski definition) is 2. The van der Waals surface area contributed by atoms with Gasteiger partial charge in [-0.2, -0.15) is 0 Å². The Morgan fingerprint density at radius 1 is 0.739 bits per heavy atom. The first-order valence-corrected chi connectivity index (χ1v) is 7.82. The molecule has 1 atom stereocenters. The SMILES string of the molecule is COc1ccc(NC(C)c2ccc(-c3ccccc3)cc2)cc1. The van der Waals surface area contributed by atoms with Gasteiger partial charge in [-0.15, -0.1) is 0 Å². The lowest BCUT2D eigenvalue weighted by atomic mass is 10.0. The van der Waals surface area contributed by atoms with Gasteiger partial charge in [-0.25, -0.2) is 0 Å². The minimum atomic E-state index is 0.244. The zero-order valence-electron chi connectivity index (χ0n) is 13.5. The van der Waals surface area contributed by atoms with Gasteiger partial charge in [0.15, 0.2) is 0 Å². The molecular weight excluding hydrogens is 282 g/mol. The second kappa shape index (κ2) is 7.01. The Bertz CT molecular complexity index is 733. The highest BCUT2D eigenvalue weighted by Gasteiger charge is 2.06. The molecular formula is C21H21NO. The smallest absolute Gasteiger partial charge is 0.119 e. The molecule has 23 heavy (non-hydrogen) atoms. The van der Waals surface area contributed by atoms with Crippen molar-refractivity contribution in [2.45, 2.75) is 13.0 Å². The van der Waals surface area contributed by atoms with Crippen molar-refractivity contribution < 1.29 is 4.74 Å². The summed E-state index contributed by atoms with van der Waals surface area (Å²) in [6.07, 6.45) is 0. The van der Waals surface area contributed by atoms with Gasteiger partial charge in [0.2, 0.25) is 0 Å². The molecule has 0 aromatic heterocycles. The average Bonchev–Trinajstić information content (AvgIpc) is 2.63. The summed E-state index contributed by atoms with van der Waals surface area (Å²) in [4.78, 5) is 0. The number of methoxy groups -OCH3 is 1. The molecule has 2 nitrogen and oxygen atoms in total. The number of benzene rings is 3. The summed E-state index contributed by atoms with van der Waals surface area (Å²) >= 11 is 0. The third-order valence-corrected chi connectivity index (χ3v) is 3.99. The fourth-order valence-corrected chi connectivity index (χ4v) is 2.62. The zero-order valence-corrected chi connectivity index (χ0v) is 13.5. The van der Waals surface area contributed by atoms with E-state index in [2.05, 4.69) is 60.8 Å². The minimum Gasteiger partial charge on any atom is -0.497 e. The van der Waals surface area contributed by atoms with Crippen molar-refractivity contribution >= 4 is 5.69 Å². The second-order valence-corrected chi connectivity index (χ2v) is 5.58. The van der Waals surface area contributed by atoms with Crippen LogP contribution in [0, 0.1) is 0 Å². The van der Waals surface area contributed by atoms with E-state index < -0.39 is 0 Å². The predicted octanol–water partition coefficient (Wildman–Crippen LogP) is 5.54. The number of ether oxygens (including phenoxy) is 1. The van der Waals surface area contributed by atoms with E-state index in [9.17, 15) is 0 Å². The van der Waals surface area contributed by atoms with Crippen LogP contribution in [0.5, 0.6) is 5.75 Å². The van der Waals surface area contributed by atoms with Crippen molar-refractivity contribution in [1.29, 1.82) is 0 Å². The molecule has 0 radical (unpaired) electrons. The molecule has 0 aliphatic carbocycles. The first kappa shape index (κ1) is 15.2. The summed E-state index contributed by atoms with van der Waals surface area (Å²) in [6.45, 7) is 2.17. The molecule has 0 spiro atoms. The Labute approximate surface area is 137 Å². The van der Waals surface area contributed by atoms with E-state index in [1.165, 1.54) is 16.7 Å². The molecule has 0 aliphatic rings. The van der Waals surface area contributed by atoms with Gasteiger partial charge in [0.1, 0.15) is 5.75 Å². The molecule has 1 N–H and O–H groups in total. The molecule has 1 unspecified atom stereocenters. The molecule has 2 heteroatoms. The van der Waals surface area contributed by atoms with Gasteiger partial charge in [-0.3, -0.25) is 0 Å². The summed E-state index contributed by atoms with van der Waals surface area (Å²) in [5, 5.41) is 3.51. The monoisotopic (exact) mass is 303 g/mol. The van der Waals surface area contributed by atoms with E-state index in [-0.39, 0.29) is 6.04 Å². The van der Waals surface area contributed by atoms with Crippen molar-refractivity contribution in [3.63, 3.8) is 0 Å². The summed E-state index contributed by atoms with van der Waals surface area (Å²) in [7, 11) is 1.68. The lowest BCUT2D eigenvalue weighted by molar-refractivity contribution is 0.415. The Morgan fingerprint density at radius 3 is 1.96 bits per heavy atom. The highest BCUT2D eigenvalue weighted by molar-refractivity contribution is 5.63. The molecule has 0 fully saturated rings. The van der Waals surface area contributed by atoms with E-state index in [0.29, 0.717) is 0 Å². The minimum absolute atomic E-state index is 0.244. The average molecular weight is 303 g/mol. The van der Waals surface area contributed by atoms with Crippen LogP contribution in [0.2, 0.25) is 0 Å². The normalized spacial score (nSPS) is 11.7. The van der Waals surface area contributed by atoms with Gasteiger partial charge < -0.3 is 10.1 Å². The fraction of sp³-hybridized carbons (Fsp3) is 0.143. The number of rotatable bonds is 5. The zero-order chi connectivity index (χ0) is 16.1. The third-order valence-electron chi connectivity index (χ3n) is 3.99. The maximum atomic E-state index is 5.19. The summed E-state index contributed by atoms with van der Waals surface area (Å²) < 4.78 is 5.19. The van der Waals surface area contributed by atoms with Crippen molar-refractivity contribution in [3.8, 4) is 16.9 Å². The molecule has 0 saturated carbocycles. The summed E-state index contributed by atoms with van der Waals surface area (Å²) in [5.74, 6) is 0.871. The maximum absolute atomic E-state index is 5.19. The molecule has 0 amide bonds. The van der Waals surface area contributed by atoms with E-state index in [0.717, 1.165) is 11.4 Å². The van der Waals surface area contributed by atoms with E-state index in [1.807, 2.05) is 30.3 Å². The number of nitrogens with one attached hydrogen (secondary N) is 1. The van der Waals surface area contributed by atoms with Crippen LogP contribution in [0.25, 0.3) is 11.1 Å². The standard InChI is InChI=1S/C21H21NO/c1-16(22-20-12-14-21(23-2)15-13-20)17-8-10-19(11-9-17)18-6-4-3-5-7-18/h3-16,22H,1-2H3. The lowest BCUT2D eigenvalue weighted by Crippen LogP contribution is -2.06. The van der Waals surface area contributed by atoms with Crippen LogP contribution in [-0.4, -0.2) is 7.11 Å². The van der Waals surface area contributed by atoms with Gasteiger partial charge in [0.05, 0.1) is 7.11 Å². The van der Waals surface area contributed by atoms with Crippen LogP contribution < -0.4 is 10.1 Å². The van der Waals surface area contributed by atoms with Gasteiger partial charge in [-0.1, -0.05) is 54.6 Å². The number of hydrogen-bond donors (Lipinski definition) is 1. The Kier molecular flexibility index (Phi) is 4.62. The van der Waals surface area contributed by atoms with E-state index in [4.69, 9.17) is 4.74 Å². The first-order valence-electron chi connectivity index (χ1n) is 7.82. The second-order valence-electron chi connectivity index (χ2n) is 5.58. The van der Waals surface area contributed by atoms with Crippen LogP contribution in [0.3, 0.4) is 0 Å². The fourth-order valence-electron chi connectivity index (χ4n) is 2.62. The molecule has 0 bridgehead atoms. The van der Waals surface area contributed by atoms with E-state index in [1.54, 1.807) is 7.11 Å². The Balaban J connectivity index is 1.71. The lowest BCUT2D eigenvalue weighted by Gasteiger charge is -2.16. The molecule has 0 aliphatic heterocycles. The first-order chi connectivity index (χ1) is 11.3. The summed E-state index contributed by atoms with van der Waals surface area (Å²) in [5.41, 5.74) is 4.84. The molecule has 116 valence electrons. The molecule has 3 aromatic carbocycles. The van der Waals surface area contributed by atoms with Gasteiger partial charge >= 0.3 is 0 Å². The highest BCUT2D eigenvalue weighted by Crippen LogP contribution is 2.24. The largest absolute Gasteiger partial charge is 0.497 e. The van der Waals surface area contributed by atoms with Crippen molar-refractivity contribution in [1.82, 2.24) is 0 Å². The molecule has 3 rings (SSSR count). The van der Waals surface area contributed by atoms with Crippen molar-refractivity contribution in [3.05, 3.63) is 84.4 Å². The molecule has 3 aromatic rings. The van der Waals surface area contributed by atoms with Crippen molar-refractivity contribution in [2.75, 3.05) is 12.4 Å². The van der Waals surface area contributed by atoms with Gasteiger partial charge in [0.25, 0.3) is 0 Å². The number of anilines is 1. The van der Waals surface area contributed by atoms with E-state index >= 15 is 0 Å². The van der Waals surface area contributed by atoms with Crippen LogP contribution in [0.15, 0.2) is 78.9 Å². The predicted molar refractivity (Wildman–Crippen MR) is 96.9 cm³/mol. The quantitative estimate of drug-likeness (QED) is 0.668. The molecule has 0 saturated heterocycles.